The first-order chi connectivity index (χ1) is 17.8. The molecule has 0 N–H and O–H groups in total. The molecule has 0 bridgehead atoms. The third kappa shape index (κ3) is 24.7. The van der Waals surface area contributed by atoms with Crippen molar-refractivity contribution in [2.45, 2.75) is 138 Å². The number of hydrogen-bond acceptors (Lipinski definition) is 5. The third-order valence-electron chi connectivity index (χ3n) is 6.59. The zero-order chi connectivity index (χ0) is 28.3. The van der Waals surface area contributed by atoms with Crippen LogP contribution in [0.1, 0.15) is 138 Å². The first-order valence-corrected chi connectivity index (χ1v) is 15.1. The van der Waals surface area contributed by atoms with Gasteiger partial charge in [-0.15, -0.1) is 0 Å². The van der Waals surface area contributed by atoms with Gasteiger partial charge in [-0.1, -0.05) is 77.9 Å². The van der Waals surface area contributed by atoms with Crippen LogP contribution >= 0.6 is 0 Å². The summed E-state index contributed by atoms with van der Waals surface area (Å²) in [6, 6.07) is 0. The van der Waals surface area contributed by atoms with E-state index in [2.05, 4.69) is 33.8 Å². The summed E-state index contributed by atoms with van der Waals surface area (Å²) >= 11 is 0. The second-order valence-electron chi connectivity index (χ2n) is 10.3. The number of carbonyl (C=O) groups excluding carboxylic acids is 3. The van der Waals surface area contributed by atoms with Crippen LogP contribution in [0.3, 0.4) is 0 Å². The van der Waals surface area contributed by atoms with Crippen molar-refractivity contribution in [3.05, 3.63) is 11.6 Å². The zero-order valence-electron chi connectivity index (χ0n) is 25.5. The van der Waals surface area contributed by atoms with Crippen LogP contribution in [0.5, 0.6) is 0 Å². The molecular weight excluding hydrogens is 464 g/mol. The number of rotatable bonds is 16. The molecule has 0 amide bonds. The first kappa shape index (κ1) is 37.8. The zero-order valence-corrected chi connectivity index (χ0v) is 25.5. The molecule has 2 rings (SSSR count). The lowest BCUT2D eigenvalue weighted by atomic mass is 9.78. The van der Waals surface area contributed by atoms with E-state index in [1.807, 2.05) is 6.92 Å². The molecule has 5 nitrogen and oxygen atoms in total. The summed E-state index contributed by atoms with van der Waals surface area (Å²) in [4.78, 5) is 31.3. The van der Waals surface area contributed by atoms with Crippen LogP contribution in [0.4, 0.5) is 0 Å². The van der Waals surface area contributed by atoms with Crippen LogP contribution < -0.4 is 0 Å². The van der Waals surface area contributed by atoms with Gasteiger partial charge < -0.3 is 9.47 Å². The van der Waals surface area contributed by atoms with Gasteiger partial charge in [0.05, 0.1) is 0 Å². The van der Waals surface area contributed by atoms with Gasteiger partial charge in [0.15, 0.2) is 0 Å². The van der Waals surface area contributed by atoms with Gasteiger partial charge in [-0.05, 0) is 59.3 Å². The van der Waals surface area contributed by atoms with Gasteiger partial charge in [-0.2, -0.15) is 0 Å². The Morgan fingerprint density at radius 1 is 0.649 bits per heavy atom. The van der Waals surface area contributed by atoms with Gasteiger partial charge in [0.2, 0.25) is 0 Å². The minimum atomic E-state index is 0.0718. The minimum absolute atomic E-state index is 0.0718. The fourth-order valence-corrected chi connectivity index (χ4v) is 3.48. The van der Waals surface area contributed by atoms with Crippen LogP contribution in [-0.4, -0.2) is 43.8 Å². The quantitative estimate of drug-likeness (QED) is 0.150. The van der Waals surface area contributed by atoms with E-state index in [-0.39, 0.29) is 17.5 Å². The van der Waals surface area contributed by atoms with E-state index in [4.69, 9.17) is 9.47 Å². The molecule has 0 aliphatic heterocycles. The third-order valence-corrected chi connectivity index (χ3v) is 6.59. The number of hydrogen-bond donors (Lipinski definition) is 0. The average molecular weight is 525 g/mol. The Balaban J connectivity index is 0. The van der Waals surface area contributed by atoms with Crippen molar-refractivity contribution >= 4 is 17.3 Å². The predicted molar refractivity (Wildman–Crippen MR) is 156 cm³/mol. The van der Waals surface area contributed by atoms with Crippen molar-refractivity contribution in [3.63, 3.8) is 0 Å². The molecular formula is C32H60O5. The number of carbonyl (C=O) groups is 3. The molecule has 5 heteroatoms. The van der Waals surface area contributed by atoms with Crippen LogP contribution in [-0.2, 0) is 23.9 Å². The molecule has 0 heterocycles. The molecule has 0 unspecified atom stereocenters. The number of Topliss-reactive ketones (excluding diaryl/α,β-unsaturated/α-hetero) is 3. The molecule has 2 saturated carbocycles. The maximum Gasteiger partial charge on any atom is 0.134 e. The van der Waals surface area contributed by atoms with Crippen molar-refractivity contribution < 1.29 is 23.9 Å². The van der Waals surface area contributed by atoms with E-state index in [1.54, 1.807) is 6.92 Å². The first-order valence-electron chi connectivity index (χ1n) is 15.1. The summed E-state index contributed by atoms with van der Waals surface area (Å²) in [7, 11) is 0. The maximum atomic E-state index is 10.7. The molecule has 0 spiro atoms. The standard InChI is InChI=1S/2C9H20O.C8H12O.C6H8O2/c2*1-3-5-7-9-10-8-6-4-2;1-3-7-4-8(5-7)6(2)9;1-4(7)5-2-6(8)3-5/h2*3-9H2,1-2H3;3,8H,4-5H2,1-2H3;5H,2-3H2,1H3. The average Bonchev–Trinajstić information content (AvgIpc) is 2.82. The summed E-state index contributed by atoms with van der Waals surface area (Å²) in [5, 5.41) is 0. The summed E-state index contributed by atoms with van der Waals surface area (Å²) in [6.45, 7) is 17.9. The Morgan fingerprint density at radius 2 is 1.00 bits per heavy atom. The summed E-state index contributed by atoms with van der Waals surface area (Å²) in [5.74, 6) is 1.16. The SMILES string of the molecule is CC(=O)C1CC(=O)C1.CC=C1CC(C(C)=O)C1.CCCCCOCCCC.CCCCCOCCCC. The number of unbranched alkanes of at least 4 members (excludes halogenated alkanes) is 6. The van der Waals surface area contributed by atoms with E-state index in [1.165, 1.54) is 76.7 Å². The van der Waals surface area contributed by atoms with Crippen molar-refractivity contribution in [3.8, 4) is 0 Å². The molecule has 218 valence electrons. The highest BCUT2D eigenvalue weighted by Gasteiger charge is 2.29. The van der Waals surface area contributed by atoms with E-state index in [9.17, 15) is 14.4 Å². The molecule has 0 saturated heterocycles. The van der Waals surface area contributed by atoms with Crippen molar-refractivity contribution in [2.75, 3.05) is 26.4 Å². The molecule has 37 heavy (non-hydrogen) atoms. The molecule has 0 aromatic rings. The molecule has 0 aromatic heterocycles. The summed E-state index contributed by atoms with van der Waals surface area (Å²) in [5.41, 5.74) is 1.44. The number of ether oxygens (including phenoxy) is 2. The largest absolute Gasteiger partial charge is 0.381 e. The van der Waals surface area contributed by atoms with E-state index < -0.39 is 0 Å². The normalized spacial score (nSPS) is 16.0. The minimum Gasteiger partial charge on any atom is -0.381 e. The van der Waals surface area contributed by atoms with Crippen LogP contribution in [0.25, 0.3) is 0 Å². The molecule has 0 radical (unpaired) electrons. The Kier molecular flexibility index (Phi) is 28.3. The summed E-state index contributed by atoms with van der Waals surface area (Å²) in [6.07, 6.45) is 17.7. The lowest BCUT2D eigenvalue weighted by Gasteiger charge is -2.26. The second-order valence-corrected chi connectivity index (χ2v) is 10.3. The Hall–Kier alpha value is -1.33. The van der Waals surface area contributed by atoms with Gasteiger partial charge in [0.25, 0.3) is 0 Å². The Labute approximate surface area is 229 Å². The van der Waals surface area contributed by atoms with E-state index in [0.717, 1.165) is 39.3 Å². The summed E-state index contributed by atoms with van der Waals surface area (Å²) < 4.78 is 10.8. The fraction of sp³-hybridized carbons (Fsp3) is 0.844. The van der Waals surface area contributed by atoms with Gasteiger partial charge in [0.1, 0.15) is 17.3 Å². The highest BCUT2D eigenvalue weighted by atomic mass is 16.5. The number of allylic oxidation sites excluding steroid dienone is 2. The molecule has 0 atom stereocenters. The molecule has 2 aliphatic rings. The molecule has 2 aliphatic carbocycles. The van der Waals surface area contributed by atoms with Crippen molar-refractivity contribution in [1.82, 2.24) is 0 Å². The fourth-order valence-electron chi connectivity index (χ4n) is 3.48. The lowest BCUT2D eigenvalue weighted by Crippen LogP contribution is -2.28. The topological polar surface area (TPSA) is 69.7 Å². The van der Waals surface area contributed by atoms with Crippen LogP contribution in [0.2, 0.25) is 0 Å². The monoisotopic (exact) mass is 524 g/mol. The Bertz CT molecular complexity index is 548. The molecule has 2 fully saturated rings. The Morgan fingerprint density at radius 3 is 1.27 bits per heavy atom. The maximum absolute atomic E-state index is 10.7. The number of ketones is 3. The van der Waals surface area contributed by atoms with Crippen LogP contribution in [0.15, 0.2) is 11.6 Å². The van der Waals surface area contributed by atoms with Crippen molar-refractivity contribution in [2.24, 2.45) is 11.8 Å². The van der Waals surface area contributed by atoms with Gasteiger partial charge in [-0.25, -0.2) is 0 Å². The van der Waals surface area contributed by atoms with Gasteiger partial charge >= 0.3 is 0 Å². The van der Waals surface area contributed by atoms with Crippen LogP contribution in [0, 0.1) is 11.8 Å². The highest BCUT2D eigenvalue weighted by molar-refractivity contribution is 5.96. The highest BCUT2D eigenvalue weighted by Crippen LogP contribution is 2.32. The van der Waals surface area contributed by atoms with Crippen molar-refractivity contribution in [1.29, 1.82) is 0 Å². The molecule has 0 aromatic carbocycles. The van der Waals surface area contributed by atoms with E-state index >= 15 is 0 Å². The van der Waals surface area contributed by atoms with Gasteiger partial charge in [-0.3, -0.25) is 14.4 Å². The smallest absolute Gasteiger partial charge is 0.134 e. The van der Waals surface area contributed by atoms with Gasteiger partial charge in [0, 0.05) is 51.1 Å². The lowest BCUT2D eigenvalue weighted by molar-refractivity contribution is -0.135. The predicted octanol–water partition coefficient (Wildman–Crippen LogP) is 8.47. The second kappa shape index (κ2) is 27.7. The van der Waals surface area contributed by atoms with E-state index in [0.29, 0.717) is 24.5 Å².